The molecule has 0 fully saturated rings. The second-order valence-electron chi connectivity index (χ2n) is 4.34. The first-order valence-electron chi connectivity index (χ1n) is 6.08. The Morgan fingerprint density at radius 1 is 1.48 bits per heavy atom. The molecule has 0 unspecified atom stereocenters. The Morgan fingerprint density at radius 2 is 2.14 bits per heavy atom. The molecule has 9 heteroatoms. The van der Waals surface area contributed by atoms with Gasteiger partial charge in [-0.05, 0) is 13.8 Å². The number of hydrogen-bond acceptors (Lipinski definition) is 4. The molecule has 0 saturated carbocycles. The molecule has 2 heterocycles. The molecule has 2 rings (SSSR count). The summed E-state index contributed by atoms with van der Waals surface area (Å²) in [7, 11) is 0. The first kappa shape index (κ1) is 15.1. The van der Waals surface area contributed by atoms with Crippen LogP contribution in [-0.4, -0.2) is 33.4 Å². The van der Waals surface area contributed by atoms with Gasteiger partial charge in [0.2, 0.25) is 0 Å². The topological polar surface area (TPSA) is 76.5 Å². The van der Waals surface area contributed by atoms with Crippen LogP contribution in [0.15, 0.2) is 11.0 Å². The van der Waals surface area contributed by atoms with Gasteiger partial charge >= 0.3 is 12.1 Å². The minimum absolute atomic E-state index is 0.00407. The molecule has 2 aromatic rings. The molecule has 0 bridgehead atoms. The highest BCUT2D eigenvalue weighted by Crippen LogP contribution is 2.21. The minimum Gasteiger partial charge on any atom is -0.462 e. The van der Waals surface area contributed by atoms with Crippen LogP contribution in [0.25, 0.3) is 5.65 Å². The van der Waals surface area contributed by atoms with E-state index in [1.54, 1.807) is 6.92 Å². The number of alkyl halides is 3. The summed E-state index contributed by atoms with van der Waals surface area (Å²) in [6.07, 6.45) is -4.71. The molecule has 0 aliphatic carbocycles. The largest absolute Gasteiger partial charge is 0.462 e. The van der Waals surface area contributed by atoms with E-state index in [0.717, 1.165) is 4.52 Å². The first-order valence-corrected chi connectivity index (χ1v) is 6.08. The Labute approximate surface area is 116 Å². The van der Waals surface area contributed by atoms with Gasteiger partial charge in [-0.1, -0.05) is 0 Å². The van der Waals surface area contributed by atoms with Crippen LogP contribution in [0.5, 0.6) is 0 Å². The number of nitrogens with zero attached hydrogens (tertiary/aromatic N) is 2. The number of fused-ring (bicyclic) bond motifs is 1. The van der Waals surface area contributed by atoms with Crippen molar-refractivity contribution >= 4 is 11.6 Å². The van der Waals surface area contributed by atoms with Crippen molar-refractivity contribution in [2.45, 2.75) is 26.4 Å². The standard InChI is InChI=1S/C12H12F3N3O3/c1-3-21-11(20)8-5-16-18-9(8)17-6(2)7(10(18)19)4-12(13,14)15/h5,16H,3-4H2,1-2H3. The van der Waals surface area contributed by atoms with E-state index >= 15 is 0 Å². The highest BCUT2D eigenvalue weighted by Gasteiger charge is 2.31. The number of rotatable bonds is 3. The van der Waals surface area contributed by atoms with Gasteiger partial charge in [-0.15, -0.1) is 0 Å². The van der Waals surface area contributed by atoms with Gasteiger partial charge in [-0.2, -0.15) is 13.2 Å². The summed E-state index contributed by atoms with van der Waals surface area (Å²) in [5, 5.41) is 2.42. The van der Waals surface area contributed by atoms with E-state index in [1.807, 2.05) is 0 Å². The van der Waals surface area contributed by atoms with E-state index in [1.165, 1.54) is 13.1 Å². The zero-order chi connectivity index (χ0) is 15.8. The fourth-order valence-corrected chi connectivity index (χ4v) is 1.92. The smallest absolute Gasteiger partial charge is 0.393 e. The molecule has 0 spiro atoms. The van der Waals surface area contributed by atoms with Gasteiger partial charge in [0.05, 0.1) is 13.0 Å². The summed E-state index contributed by atoms with van der Waals surface area (Å²) in [6, 6.07) is 0. The number of aryl methyl sites for hydroxylation is 1. The maximum absolute atomic E-state index is 12.5. The number of hydrogen-bond donors (Lipinski definition) is 1. The molecule has 0 aromatic carbocycles. The van der Waals surface area contributed by atoms with Crippen molar-refractivity contribution in [3.63, 3.8) is 0 Å². The number of halogens is 3. The lowest BCUT2D eigenvalue weighted by Crippen LogP contribution is -2.26. The van der Waals surface area contributed by atoms with Crippen LogP contribution in [-0.2, 0) is 11.2 Å². The molecular formula is C12H12F3N3O3. The lowest BCUT2D eigenvalue weighted by Gasteiger charge is -2.08. The first-order chi connectivity index (χ1) is 9.74. The lowest BCUT2D eigenvalue weighted by atomic mass is 10.1. The molecule has 2 aromatic heterocycles. The third kappa shape index (κ3) is 2.91. The summed E-state index contributed by atoms with van der Waals surface area (Å²) < 4.78 is 43.0. The van der Waals surface area contributed by atoms with E-state index in [0.29, 0.717) is 0 Å². The summed E-state index contributed by atoms with van der Waals surface area (Å²) in [5.74, 6) is -0.703. The van der Waals surface area contributed by atoms with Crippen LogP contribution in [0, 0.1) is 6.92 Å². The van der Waals surface area contributed by atoms with Crippen molar-refractivity contribution in [2.75, 3.05) is 6.61 Å². The number of esters is 1. The molecule has 21 heavy (non-hydrogen) atoms. The average Bonchev–Trinajstić information content (AvgIpc) is 2.77. The second-order valence-corrected chi connectivity index (χ2v) is 4.34. The maximum Gasteiger partial charge on any atom is 0.393 e. The quantitative estimate of drug-likeness (QED) is 0.874. The predicted molar refractivity (Wildman–Crippen MR) is 66.3 cm³/mol. The van der Waals surface area contributed by atoms with Gasteiger partial charge in [0.15, 0.2) is 5.65 Å². The normalized spacial score (nSPS) is 11.9. The Bertz CT molecular complexity index is 746. The maximum atomic E-state index is 12.5. The molecule has 0 radical (unpaired) electrons. The van der Waals surface area contributed by atoms with E-state index in [4.69, 9.17) is 4.74 Å². The van der Waals surface area contributed by atoms with Gasteiger partial charge < -0.3 is 4.74 Å². The molecule has 6 nitrogen and oxygen atoms in total. The molecule has 0 amide bonds. The third-order valence-electron chi connectivity index (χ3n) is 2.83. The van der Waals surface area contributed by atoms with Crippen LogP contribution in [0.1, 0.15) is 28.5 Å². The number of nitrogens with one attached hydrogen (secondary N) is 1. The van der Waals surface area contributed by atoms with Crippen molar-refractivity contribution in [2.24, 2.45) is 0 Å². The summed E-state index contributed by atoms with van der Waals surface area (Å²) in [4.78, 5) is 27.7. The monoisotopic (exact) mass is 303 g/mol. The number of aromatic amines is 1. The van der Waals surface area contributed by atoms with Crippen molar-refractivity contribution in [1.29, 1.82) is 0 Å². The second kappa shape index (κ2) is 5.23. The van der Waals surface area contributed by atoms with Crippen LogP contribution < -0.4 is 5.56 Å². The molecule has 0 aliphatic heterocycles. The van der Waals surface area contributed by atoms with Crippen LogP contribution in [0.3, 0.4) is 0 Å². The van der Waals surface area contributed by atoms with E-state index < -0.39 is 29.7 Å². The van der Waals surface area contributed by atoms with E-state index in [-0.39, 0.29) is 23.5 Å². The van der Waals surface area contributed by atoms with Crippen LogP contribution in [0.2, 0.25) is 0 Å². The van der Waals surface area contributed by atoms with E-state index in [2.05, 4.69) is 10.1 Å². The van der Waals surface area contributed by atoms with Crippen molar-refractivity contribution in [3.8, 4) is 0 Å². The van der Waals surface area contributed by atoms with Crippen LogP contribution >= 0.6 is 0 Å². The van der Waals surface area contributed by atoms with E-state index in [9.17, 15) is 22.8 Å². The summed E-state index contributed by atoms with van der Waals surface area (Å²) >= 11 is 0. The van der Waals surface area contributed by atoms with Gasteiger partial charge in [0, 0.05) is 17.5 Å². The average molecular weight is 303 g/mol. The fraction of sp³-hybridized carbons (Fsp3) is 0.417. The van der Waals surface area contributed by atoms with Crippen molar-refractivity contribution in [3.05, 3.63) is 33.4 Å². The minimum atomic E-state index is -4.52. The lowest BCUT2D eigenvalue weighted by molar-refractivity contribution is -0.127. The predicted octanol–water partition coefficient (Wildman–Crippen LogP) is 1.61. The SMILES string of the molecule is CCOC(=O)c1c[nH]n2c(=O)c(CC(F)(F)F)c(C)nc12. The highest BCUT2D eigenvalue weighted by molar-refractivity contribution is 5.95. The van der Waals surface area contributed by atoms with Gasteiger partial charge in [-0.3, -0.25) is 9.89 Å². The van der Waals surface area contributed by atoms with Gasteiger partial charge in [0.25, 0.3) is 5.56 Å². The summed E-state index contributed by atoms with van der Waals surface area (Å²) in [5.41, 5.74) is -1.47. The molecule has 0 atom stereocenters. The Morgan fingerprint density at radius 3 is 2.71 bits per heavy atom. The molecule has 114 valence electrons. The Balaban J connectivity index is 2.60. The van der Waals surface area contributed by atoms with Crippen molar-refractivity contribution in [1.82, 2.24) is 14.6 Å². The fourth-order valence-electron chi connectivity index (χ4n) is 1.92. The number of ether oxygens (including phenoxy) is 1. The molecule has 0 aliphatic rings. The number of aromatic nitrogens is 3. The molecule has 1 N–H and O–H groups in total. The molecular weight excluding hydrogens is 291 g/mol. The number of carbonyl (C=O) groups excluding carboxylic acids is 1. The number of H-pyrrole nitrogens is 1. The Hall–Kier alpha value is -2.32. The van der Waals surface area contributed by atoms with Crippen molar-refractivity contribution < 1.29 is 22.7 Å². The highest BCUT2D eigenvalue weighted by atomic mass is 19.4. The summed E-state index contributed by atoms with van der Waals surface area (Å²) in [6.45, 7) is 3.04. The zero-order valence-electron chi connectivity index (χ0n) is 11.2. The molecule has 0 saturated heterocycles. The van der Waals surface area contributed by atoms with Gasteiger partial charge in [-0.25, -0.2) is 14.3 Å². The zero-order valence-corrected chi connectivity index (χ0v) is 11.2. The number of carbonyl (C=O) groups is 1. The van der Waals surface area contributed by atoms with Crippen LogP contribution in [0.4, 0.5) is 13.2 Å². The Kier molecular flexibility index (Phi) is 3.75. The van der Waals surface area contributed by atoms with Gasteiger partial charge in [0.1, 0.15) is 5.56 Å². The third-order valence-corrected chi connectivity index (χ3v) is 2.83.